The van der Waals surface area contributed by atoms with E-state index in [0.717, 1.165) is 27.9 Å². The van der Waals surface area contributed by atoms with Gasteiger partial charge in [-0.05, 0) is 46.0 Å². The van der Waals surface area contributed by atoms with Gasteiger partial charge in [0.05, 0.1) is 0 Å². The number of ether oxygens (including phenoxy) is 1. The number of aromatic nitrogens is 2. The smallest absolute Gasteiger partial charge is 0.407 e. The van der Waals surface area contributed by atoms with Crippen LogP contribution in [0.1, 0.15) is 33.0 Å². The van der Waals surface area contributed by atoms with E-state index in [1.165, 1.54) is 22.9 Å². The van der Waals surface area contributed by atoms with E-state index in [1.54, 1.807) is 30.6 Å². The van der Waals surface area contributed by atoms with Crippen LogP contribution in [-0.4, -0.2) is 29.0 Å². The first-order chi connectivity index (χ1) is 17.1. The van der Waals surface area contributed by atoms with Crippen LogP contribution in [0, 0.1) is 0 Å². The van der Waals surface area contributed by atoms with Crippen LogP contribution in [0.2, 0.25) is 5.15 Å². The third-order valence-electron chi connectivity index (χ3n) is 5.82. The molecule has 1 amide bonds. The zero-order valence-electron chi connectivity index (χ0n) is 18.5. The van der Waals surface area contributed by atoms with Crippen LogP contribution in [0.25, 0.3) is 11.1 Å². The highest BCUT2D eigenvalue weighted by Crippen LogP contribution is 2.44. The highest BCUT2D eigenvalue weighted by atomic mass is 35.5. The van der Waals surface area contributed by atoms with Gasteiger partial charge in [-0.3, -0.25) is 4.79 Å². The first-order valence-corrected chi connectivity index (χ1v) is 12.1. The third kappa shape index (κ3) is 4.92. The molecule has 0 saturated heterocycles. The molecule has 5 rings (SSSR count). The van der Waals surface area contributed by atoms with E-state index < -0.39 is 6.09 Å². The Bertz CT molecular complexity index is 1370. The number of rotatable bonds is 7. The molecular formula is C27H20ClN3O3S. The minimum absolute atomic E-state index is 0.0134. The number of hydrogen-bond donors (Lipinski definition) is 1. The number of amides is 1. The largest absolute Gasteiger partial charge is 0.449 e. The molecule has 2 heterocycles. The quantitative estimate of drug-likeness (QED) is 0.242. The molecule has 1 N–H and O–H groups in total. The number of alkyl carbamates (subject to hydrolysis) is 1. The maximum absolute atomic E-state index is 12.6. The van der Waals surface area contributed by atoms with Crippen molar-refractivity contribution in [2.45, 2.75) is 22.4 Å². The van der Waals surface area contributed by atoms with Crippen molar-refractivity contribution in [3.05, 3.63) is 107 Å². The highest BCUT2D eigenvalue weighted by molar-refractivity contribution is 7.99. The minimum atomic E-state index is -0.526. The Morgan fingerprint density at radius 3 is 2.46 bits per heavy atom. The van der Waals surface area contributed by atoms with Gasteiger partial charge >= 0.3 is 6.09 Å². The topological polar surface area (TPSA) is 81.2 Å². The van der Waals surface area contributed by atoms with Gasteiger partial charge in [0.1, 0.15) is 16.8 Å². The summed E-state index contributed by atoms with van der Waals surface area (Å²) in [7, 11) is 0. The van der Waals surface area contributed by atoms with Crippen molar-refractivity contribution in [1.82, 2.24) is 15.3 Å². The summed E-state index contributed by atoms with van der Waals surface area (Å²) in [5.74, 6) is -0.0134. The molecule has 6 nitrogen and oxygen atoms in total. The summed E-state index contributed by atoms with van der Waals surface area (Å²) in [6.07, 6.45) is 3.45. The normalized spacial score (nSPS) is 12.0. The van der Waals surface area contributed by atoms with Crippen LogP contribution in [0.5, 0.6) is 0 Å². The van der Waals surface area contributed by atoms with E-state index in [4.69, 9.17) is 16.3 Å². The molecule has 0 unspecified atom stereocenters. The summed E-state index contributed by atoms with van der Waals surface area (Å²) in [6.45, 7) is 0.416. The maximum atomic E-state index is 12.6. The van der Waals surface area contributed by atoms with Crippen LogP contribution >= 0.6 is 23.4 Å². The highest BCUT2D eigenvalue weighted by Gasteiger charge is 2.29. The number of nitrogens with one attached hydrogen (secondary N) is 1. The molecule has 1 aliphatic carbocycles. The van der Waals surface area contributed by atoms with Gasteiger partial charge in [-0.25, -0.2) is 14.8 Å². The van der Waals surface area contributed by atoms with Crippen molar-refractivity contribution in [1.29, 1.82) is 0 Å². The number of carbonyl (C=O) groups is 2. The summed E-state index contributed by atoms with van der Waals surface area (Å²) < 4.78 is 5.62. The van der Waals surface area contributed by atoms with E-state index in [1.807, 2.05) is 24.3 Å². The van der Waals surface area contributed by atoms with Crippen molar-refractivity contribution in [3.8, 4) is 11.1 Å². The molecule has 1 aliphatic rings. The number of pyridine rings is 2. The molecular weight excluding hydrogens is 482 g/mol. The maximum Gasteiger partial charge on any atom is 0.407 e. The average molecular weight is 502 g/mol. The Morgan fingerprint density at radius 1 is 1.03 bits per heavy atom. The van der Waals surface area contributed by atoms with Crippen molar-refractivity contribution in [3.63, 3.8) is 0 Å². The SMILES string of the molecule is O=Cc1cccnc1Sc1cnc(Cl)cc1CNC(=O)OCC1c2ccccc2-c2ccccc21. The lowest BCUT2D eigenvalue weighted by Gasteiger charge is -2.15. The second-order valence-corrected chi connectivity index (χ2v) is 9.33. The van der Waals surface area contributed by atoms with Gasteiger partial charge in [0.2, 0.25) is 0 Å². The lowest BCUT2D eigenvalue weighted by molar-refractivity contribution is 0.112. The van der Waals surface area contributed by atoms with E-state index in [0.29, 0.717) is 15.7 Å². The van der Waals surface area contributed by atoms with Gasteiger partial charge in [-0.15, -0.1) is 0 Å². The fraction of sp³-hybridized carbons (Fsp3) is 0.111. The standard InChI is InChI=1S/C27H20ClN3O3S/c28-25-12-18(24(14-30-25)35-26-17(15-32)6-5-11-29-26)13-31-27(33)34-16-23-21-9-3-1-7-19(21)20-8-2-4-10-22(20)23/h1-12,14-15,23H,13,16H2,(H,31,33). The lowest BCUT2D eigenvalue weighted by Crippen LogP contribution is -2.26. The molecule has 2 aromatic heterocycles. The van der Waals surface area contributed by atoms with Crippen LogP contribution in [-0.2, 0) is 11.3 Å². The zero-order valence-corrected chi connectivity index (χ0v) is 20.1. The molecule has 0 spiro atoms. The number of aldehydes is 1. The molecule has 174 valence electrons. The van der Waals surface area contributed by atoms with E-state index in [2.05, 4.69) is 39.6 Å². The molecule has 8 heteroatoms. The molecule has 0 radical (unpaired) electrons. The number of nitrogens with zero attached hydrogens (tertiary/aromatic N) is 2. The Morgan fingerprint density at radius 2 is 1.74 bits per heavy atom. The summed E-state index contributed by atoms with van der Waals surface area (Å²) in [6, 6.07) is 21.5. The van der Waals surface area contributed by atoms with Crippen LogP contribution in [0.3, 0.4) is 0 Å². The first-order valence-electron chi connectivity index (χ1n) is 11.0. The number of carbonyl (C=O) groups excluding carboxylic acids is 2. The molecule has 0 aliphatic heterocycles. The van der Waals surface area contributed by atoms with Gasteiger partial charge in [-0.1, -0.05) is 71.9 Å². The second-order valence-electron chi connectivity index (χ2n) is 7.91. The lowest BCUT2D eigenvalue weighted by atomic mass is 9.98. The van der Waals surface area contributed by atoms with Crippen molar-refractivity contribution >= 4 is 35.7 Å². The predicted molar refractivity (Wildman–Crippen MR) is 135 cm³/mol. The Hall–Kier alpha value is -3.68. The van der Waals surface area contributed by atoms with Crippen LogP contribution in [0.4, 0.5) is 4.79 Å². The molecule has 0 bridgehead atoms. The summed E-state index contributed by atoms with van der Waals surface area (Å²) in [5, 5.41) is 3.65. The molecule has 35 heavy (non-hydrogen) atoms. The fourth-order valence-corrected chi connectivity index (χ4v) is 5.29. The molecule has 2 aromatic carbocycles. The number of hydrogen-bond acceptors (Lipinski definition) is 6. The van der Waals surface area contributed by atoms with Gasteiger partial charge in [0.25, 0.3) is 0 Å². The summed E-state index contributed by atoms with van der Waals surface area (Å²) >= 11 is 7.39. The third-order valence-corrected chi connectivity index (χ3v) is 7.14. The second kappa shape index (κ2) is 10.3. The van der Waals surface area contributed by atoms with Gasteiger partial charge < -0.3 is 10.1 Å². The van der Waals surface area contributed by atoms with Crippen molar-refractivity contribution in [2.24, 2.45) is 0 Å². The first kappa shape index (κ1) is 23.1. The Kier molecular flexibility index (Phi) is 6.79. The molecule has 4 aromatic rings. The number of benzene rings is 2. The number of halogens is 1. The Labute approximate surface area is 211 Å². The summed E-state index contributed by atoms with van der Waals surface area (Å²) in [5.41, 5.74) is 5.88. The molecule has 0 saturated carbocycles. The Balaban J connectivity index is 1.26. The zero-order chi connectivity index (χ0) is 24.2. The minimum Gasteiger partial charge on any atom is -0.449 e. The van der Waals surface area contributed by atoms with Crippen LogP contribution in [0.15, 0.2) is 89.0 Å². The monoisotopic (exact) mass is 501 g/mol. The number of fused-ring (bicyclic) bond motifs is 3. The van der Waals surface area contributed by atoms with Gasteiger partial charge in [0, 0.05) is 35.3 Å². The fourth-order valence-electron chi connectivity index (χ4n) is 4.18. The van der Waals surface area contributed by atoms with Crippen molar-refractivity contribution in [2.75, 3.05) is 6.61 Å². The van der Waals surface area contributed by atoms with Gasteiger partial charge in [0.15, 0.2) is 6.29 Å². The van der Waals surface area contributed by atoms with Crippen molar-refractivity contribution < 1.29 is 14.3 Å². The van der Waals surface area contributed by atoms with Crippen LogP contribution < -0.4 is 5.32 Å². The molecule has 0 fully saturated rings. The van der Waals surface area contributed by atoms with E-state index in [-0.39, 0.29) is 19.1 Å². The van der Waals surface area contributed by atoms with E-state index in [9.17, 15) is 9.59 Å². The molecule has 0 atom stereocenters. The van der Waals surface area contributed by atoms with E-state index >= 15 is 0 Å². The predicted octanol–water partition coefficient (Wildman–Crippen LogP) is 6.13. The van der Waals surface area contributed by atoms with Gasteiger partial charge in [-0.2, -0.15) is 0 Å². The summed E-state index contributed by atoms with van der Waals surface area (Å²) in [4.78, 5) is 33.1. The average Bonchev–Trinajstić information content (AvgIpc) is 3.21.